The molecule has 0 aromatic carbocycles. The number of aliphatic hydroxyl groups is 1. The normalized spacial score (nSPS) is 20.5. The summed E-state index contributed by atoms with van der Waals surface area (Å²) >= 11 is 0. The molecule has 1 amide bonds. The zero-order valence-corrected chi connectivity index (χ0v) is 9.46. The van der Waals surface area contributed by atoms with Crippen molar-refractivity contribution in [1.82, 2.24) is 5.32 Å². The van der Waals surface area contributed by atoms with Crippen LogP contribution in [-0.2, 0) is 4.79 Å². The van der Waals surface area contributed by atoms with Crippen LogP contribution in [0.15, 0.2) is 0 Å². The molecule has 0 spiro atoms. The van der Waals surface area contributed by atoms with Crippen LogP contribution in [0, 0.1) is 5.41 Å². The van der Waals surface area contributed by atoms with Crippen molar-refractivity contribution in [3.8, 4) is 0 Å². The molecule has 1 atom stereocenters. The number of hydrogen-bond donors (Lipinski definition) is 3. The average Bonchev–Trinajstić information content (AvgIpc) is 2.20. The van der Waals surface area contributed by atoms with Crippen LogP contribution in [-0.4, -0.2) is 30.2 Å². The fraction of sp³-hybridized carbons (Fsp3) is 0.909. The number of carbonyl (C=O) groups excluding carboxylic acids is 1. The zero-order valence-electron chi connectivity index (χ0n) is 9.46. The minimum atomic E-state index is -0.427. The lowest BCUT2D eigenvalue weighted by atomic mass is 9.66. The number of nitrogens with one attached hydrogen (secondary N) is 1. The summed E-state index contributed by atoms with van der Waals surface area (Å²) < 4.78 is 0. The maximum atomic E-state index is 11.6. The summed E-state index contributed by atoms with van der Waals surface area (Å²) in [6.07, 6.45) is 4.06. The molecule has 15 heavy (non-hydrogen) atoms. The summed E-state index contributed by atoms with van der Waals surface area (Å²) in [6, 6.07) is 0. The summed E-state index contributed by atoms with van der Waals surface area (Å²) in [5.41, 5.74) is 5.73. The minimum Gasteiger partial charge on any atom is -0.391 e. The van der Waals surface area contributed by atoms with Gasteiger partial charge < -0.3 is 16.2 Å². The Morgan fingerprint density at radius 2 is 2.27 bits per heavy atom. The molecule has 1 aliphatic rings. The Hall–Kier alpha value is -0.610. The van der Waals surface area contributed by atoms with E-state index in [4.69, 9.17) is 5.73 Å². The van der Waals surface area contributed by atoms with Gasteiger partial charge in [0, 0.05) is 13.0 Å². The molecule has 4 N–H and O–H groups in total. The molecule has 1 aliphatic carbocycles. The molecular formula is C11H22N2O2. The van der Waals surface area contributed by atoms with Gasteiger partial charge in [0.25, 0.3) is 0 Å². The van der Waals surface area contributed by atoms with E-state index in [0.29, 0.717) is 25.9 Å². The Balaban J connectivity index is 2.23. The van der Waals surface area contributed by atoms with Crippen LogP contribution in [0.5, 0.6) is 0 Å². The Kier molecular flexibility index (Phi) is 4.54. The van der Waals surface area contributed by atoms with E-state index < -0.39 is 6.10 Å². The van der Waals surface area contributed by atoms with Gasteiger partial charge in [-0.25, -0.2) is 0 Å². The minimum absolute atomic E-state index is 0.0210. The molecular weight excluding hydrogens is 192 g/mol. The Bertz CT molecular complexity index is 209. The predicted octanol–water partition coefficient (Wildman–Crippen LogP) is 0.393. The molecule has 0 heterocycles. The molecule has 4 heteroatoms. The van der Waals surface area contributed by atoms with E-state index in [1.165, 1.54) is 6.42 Å². The molecule has 0 radical (unpaired) electrons. The van der Waals surface area contributed by atoms with Crippen LogP contribution in [0.1, 0.15) is 39.0 Å². The van der Waals surface area contributed by atoms with Crippen molar-refractivity contribution < 1.29 is 9.90 Å². The number of amides is 1. The first kappa shape index (κ1) is 12.5. The van der Waals surface area contributed by atoms with E-state index in [9.17, 15) is 9.90 Å². The summed E-state index contributed by atoms with van der Waals surface area (Å²) in [5.74, 6) is 0.0210. The Labute approximate surface area is 91.2 Å². The first-order valence-corrected chi connectivity index (χ1v) is 5.77. The second-order valence-corrected chi connectivity index (χ2v) is 4.60. The van der Waals surface area contributed by atoms with Crippen molar-refractivity contribution in [2.24, 2.45) is 11.1 Å². The van der Waals surface area contributed by atoms with Gasteiger partial charge >= 0.3 is 0 Å². The largest absolute Gasteiger partial charge is 0.391 e. The van der Waals surface area contributed by atoms with Crippen molar-refractivity contribution in [3.63, 3.8) is 0 Å². The standard InChI is InChI=1S/C11H22N2O2/c1-2-9(14)7-13-10(15)6-11(8-12)4-3-5-11/h9,14H,2-8,12H2,1H3,(H,13,15). The van der Waals surface area contributed by atoms with Crippen molar-refractivity contribution in [1.29, 1.82) is 0 Å². The topological polar surface area (TPSA) is 75.3 Å². The van der Waals surface area contributed by atoms with Crippen molar-refractivity contribution >= 4 is 5.91 Å². The summed E-state index contributed by atoms with van der Waals surface area (Å²) in [4.78, 5) is 11.6. The highest BCUT2D eigenvalue weighted by Gasteiger charge is 2.37. The van der Waals surface area contributed by atoms with Gasteiger partial charge in [0.2, 0.25) is 5.91 Å². The number of carbonyl (C=O) groups is 1. The van der Waals surface area contributed by atoms with Crippen LogP contribution >= 0.6 is 0 Å². The van der Waals surface area contributed by atoms with E-state index in [1.54, 1.807) is 0 Å². The van der Waals surface area contributed by atoms with Gasteiger partial charge in [-0.15, -0.1) is 0 Å². The quantitative estimate of drug-likeness (QED) is 0.599. The van der Waals surface area contributed by atoms with Gasteiger partial charge in [0.05, 0.1) is 6.10 Å². The molecule has 0 saturated heterocycles. The van der Waals surface area contributed by atoms with E-state index in [0.717, 1.165) is 12.8 Å². The van der Waals surface area contributed by atoms with Crippen molar-refractivity contribution in [2.75, 3.05) is 13.1 Å². The summed E-state index contributed by atoms with van der Waals surface area (Å²) in [7, 11) is 0. The van der Waals surface area contributed by atoms with Crippen LogP contribution in [0.2, 0.25) is 0 Å². The fourth-order valence-electron chi connectivity index (χ4n) is 1.91. The van der Waals surface area contributed by atoms with Gasteiger partial charge in [-0.1, -0.05) is 13.3 Å². The molecule has 0 aromatic rings. The molecule has 4 nitrogen and oxygen atoms in total. The third-order valence-electron chi connectivity index (χ3n) is 3.39. The number of rotatable bonds is 6. The Morgan fingerprint density at radius 3 is 2.67 bits per heavy atom. The first-order valence-electron chi connectivity index (χ1n) is 5.77. The molecule has 0 aliphatic heterocycles. The molecule has 1 fully saturated rings. The van der Waals surface area contributed by atoms with Gasteiger partial charge in [-0.2, -0.15) is 0 Å². The third kappa shape index (κ3) is 3.47. The maximum absolute atomic E-state index is 11.6. The van der Waals surface area contributed by atoms with Gasteiger partial charge in [0.15, 0.2) is 0 Å². The number of hydrogen-bond acceptors (Lipinski definition) is 3. The highest BCUT2D eigenvalue weighted by molar-refractivity contribution is 5.76. The molecule has 0 aromatic heterocycles. The lowest BCUT2D eigenvalue weighted by Crippen LogP contribution is -2.43. The number of aliphatic hydroxyl groups excluding tert-OH is 1. The molecule has 88 valence electrons. The van der Waals surface area contributed by atoms with E-state index in [1.807, 2.05) is 6.92 Å². The average molecular weight is 214 g/mol. The maximum Gasteiger partial charge on any atom is 0.220 e. The van der Waals surface area contributed by atoms with Crippen LogP contribution in [0.3, 0.4) is 0 Å². The third-order valence-corrected chi connectivity index (χ3v) is 3.39. The monoisotopic (exact) mass is 214 g/mol. The van der Waals surface area contributed by atoms with Crippen molar-refractivity contribution in [3.05, 3.63) is 0 Å². The van der Waals surface area contributed by atoms with E-state index in [-0.39, 0.29) is 11.3 Å². The fourth-order valence-corrected chi connectivity index (χ4v) is 1.91. The van der Waals surface area contributed by atoms with Crippen LogP contribution < -0.4 is 11.1 Å². The first-order chi connectivity index (χ1) is 7.12. The lowest BCUT2D eigenvalue weighted by molar-refractivity contribution is -0.125. The molecule has 1 saturated carbocycles. The molecule has 0 bridgehead atoms. The molecule has 1 unspecified atom stereocenters. The highest BCUT2D eigenvalue weighted by Crippen LogP contribution is 2.42. The van der Waals surface area contributed by atoms with Gasteiger partial charge in [0.1, 0.15) is 0 Å². The number of nitrogens with two attached hydrogens (primary N) is 1. The summed E-state index contributed by atoms with van der Waals surface area (Å²) in [6.45, 7) is 2.84. The Morgan fingerprint density at radius 1 is 1.60 bits per heavy atom. The predicted molar refractivity (Wildman–Crippen MR) is 59.3 cm³/mol. The highest BCUT2D eigenvalue weighted by atomic mass is 16.3. The molecule has 1 rings (SSSR count). The van der Waals surface area contributed by atoms with E-state index >= 15 is 0 Å². The van der Waals surface area contributed by atoms with Crippen LogP contribution in [0.4, 0.5) is 0 Å². The van der Waals surface area contributed by atoms with Crippen LogP contribution in [0.25, 0.3) is 0 Å². The lowest BCUT2D eigenvalue weighted by Gasteiger charge is -2.40. The summed E-state index contributed by atoms with van der Waals surface area (Å²) in [5, 5.41) is 12.0. The second-order valence-electron chi connectivity index (χ2n) is 4.60. The van der Waals surface area contributed by atoms with Gasteiger partial charge in [-0.05, 0) is 31.2 Å². The smallest absolute Gasteiger partial charge is 0.220 e. The zero-order chi connectivity index (χ0) is 11.3. The van der Waals surface area contributed by atoms with Crippen molar-refractivity contribution in [2.45, 2.75) is 45.1 Å². The van der Waals surface area contributed by atoms with E-state index in [2.05, 4.69) is 5.32 Å². The SMILES string of the molecule is CCC(O)CNC(=O)CC1(CN)CCC1. The van der Waals surface area contributed by atoms with Gasteiger partial charge in [-0.3, -0.25) is 4.79 Å². The second kappa shape index (κ2) is 5.47.